The molecule has 10 heteroatoms. The Balaban J connectivity index is 1.35. The largest absolute Gasteiger partial charge is 0.461 e. The van der Waals surface area contributed by atoms with Crippen LogP contribution in [0, 0.1) is 0 Å². The van der Waals surface area contributed by atoms with Crippen LogP contribution in [0.15, 0.2) is 57.3 Å². The second kappa shape index (κ2) is 9.95. The van der Waals surface area contributed by atoms with Crippen molar-refractivity contribution >= 4 is 27.3 Å². The number of nitrogens with zero attached hydrogens (tertiary/aromatic N) is 2. The van der Waals surface area contributed by atoms with Gasteiger partial charge >= 0.3 is 5.97 Å². The van der Waals surface area contributed by atoms with E-state index in [4.69, 9.17) is 9.26 Å². The number of carbonyl (C=O) groups excluding carboxylic acids is 1. The fourth-order valence-electron chi connectivity index (χ4n) is 3.62. The lowest BCUT2D eigenvalue weighted by atomic mass is 10.1. The van der Waals surface area contributed by atoms with Crippen LogP contribution in [0.4, 0.5) is 0 Å². The fourth-order valence-corrected chi connectivity index (χ4v) is 6.19. The summed E-state index contributed by atoms with van der Waals surface area (Å²) in [5, 5.41) is 3.70. The normalized spacial score (nSPS) is 15.7. The molecule has 8 nitrogen and oxygen atoms in total. The number of piperidine rings is 1. The highest BCUT2D eigenvalue weighted by molar-refractivity contribution is 7.91. The lowest BCUT2D eigenvalue weighted by Crippen LogP contribution is -2.44. The monoisotopic (exact) mass is 475 g/mol. The van der Waals surface area contributed by atoms with Gasteiger partial charge in [0.05, 0.1) is 11.5 Å². The first-order chi connectivity index (χ1) is 15.4. The Morgan fingerprint density at radius 2 is 1.97 bits per heavy atom. The number of hydrogen-bond acceptors (Lipinski definition) is 8. The van der Waals surface area contributed by atoms with Crippen molar-refractivity contribution in [1.82, 2.24) is 14.8 Å². The van der Waals surface area contributed by atoms with Gasteiger partial charge in [0.15, 0.2) is 11.5 Å². The predicted octanol–water partition coefficient (Wildman–Crippen LogP) is 3.52. The molecule has 1 saturated heterocycles. The number of esters is 1. The first kappa shape index (κ1) is 22.7. The number of carbonyl (C=O) groups is 1. The van der Waals surface area contributed by atoms with Gasteiger partial charge in [-0.2, -0.15) is 0 Å². The summed E-state index contributed by atoms with van der Waals surface area (Å²) < 4.78 is 38.9. The van der Waals surface area contributed by atoms with Crippen molar-refractivity contribution in [2.45, 2.75) is 36.6 Å². The molecular formula is C22H25N3O5S2. The molecule has 1 aliphatic rings. The zero-order valence-electron chi connectivity index (χ0n) is 17.7. The van der Waals surface area contributed by atoms with Gasteiger partial charge in [-0.15, -0.1) is 11.3 Å². The maximum Gasteiger partial charge on any atom is 0.360 e. The molecule has 1 fully saturated rings. The lowest BCUT2D eigenvalue weighted by Gasteiger charge is -2.32. The van der Waals surface area contributed by atoms with E-state index in [1.54, 1.807) is 19.1 Å². The van der Waals surface area contributed by atoms with Gasteiger partial charge < -0.3 is 9.26 Å². The predicted molar refractivity (Wildman–Crippen MR) is 121 cm³/mol. The van der Waals surface area contributed by atoms with E-state index in [9.17, 15) is 13.2 Å². The van der Waals surface area contributed by atoms with E-state index >= 15 is 0 Å². The number of rotatable bonds is 8. The van der Waals surface area contributed by atoms with Crippen LogP contribution in [0.3, 0.4) is 0 Å². The Morgan fingerprint density at radius 1 is 1.22 bits per heavy atom. The minimum Gasteiger partial charge on any atom is -0.461 e. The minimum atomic E-state index is -3.65. The third kappa shape index (κ3) is 5.44. The summed E-state index contributed by atoms with van der Waals surface area (Å²) in [6, 6.07) is 14.8. The molecule has 0 spiro atoms. The fraction of sp³-hybridized carbons (Fsp3) is 0.364. The zero-order valence-corrected chi connectivity index (χ0v) is 19.3. The third-order valence-corrected chi connectivity index (χ3v) is 8.35. The van der Waals surface area contributed by atoms with Crippen molar-refractivity contribution in [3.05, 3.63) is 59.8 Å². The number of nitrogens with one attached hydrogen (secondary N) is 1. The molecular weight excluding hydrogens is 450 g/mol. The molecule has 0 radical (unpaired) electrons. The maximum absolute atomic E-state index is 12.9. The van der Waals surface area contributed by atoms with E-state index in [2.05, 4.69) is 26.9 Å². The highest BCUT2D eigenvalue weighted by Gasteiger charge is 2.26. The summed E-state index contributed by atoms with van der Waals surface area (Å²) >= 11 is 1.08. The second-order valence-corrected chi connectivity index (χ2v) is 10.6. The molecule has 0 amide bonds. The van der Waals surface area contributed by atoms with Crippen molar-refractivity contribution < 1.29 is 22.5 Å². The van der Waals surface area contributed by atoms with E-state index in [1.165, 1.54) is 11.6 Å². The summed E-state index contributed by atoms with van der Waals surface area (Å²) in [5.41, 5.74) is 1.32. The summed E-state index contributed by atoms with van der Waals surface area (Å²) in [5.74, 6) is -0.249. The molecule has 0 bridgehead atoms. The summed E-state index contributed by atoms with van der Waals surface area (Å²) in [6.07, 6.45) is 1.52. The molecule has 32 heavy (non-hydrogen) atoms. The van der Waals surface area contributed by atoms with Crippen LogP contribution in [-0.4, -0.2) is 50.2 Å². The maximum atomic E-state index is 12.9. The molecule has 1 aliphatic heterocycles. The molecule has 3 heterocycles. The molecule has 3 aromatic rings. The van der Waals surface area contributed by atoms with Crippen LogP contribution in [0.25, 0.3) is 10.6 Å². The Bertz CT molecular complexity index is 1150. The highest BCUT2D eigenvalue weighted by Crippen LogP contribution is 2.31. The minimum absolute atomic E-state index is 0.0556. The average molecular weight is 476 g/mol. The molecule has 0 unspecified atom stereocenters. The van der Waals surface area contributed by atoms with Crippen LogP contribution < -0.4 is 4.72 Å². The molecule has 0 saturated carbocycles. The number of benzene rings is 1. The number of sulfonamides is 1. The van der Waals surface area contributed by atoms with Gasteiger partial charge in [0.25, 0.3) is 0 Å². The van der Waals surface area contributed by atoms with E-state index < -0.39 is 16.0 Å². The Morgan fingerprint density at radius 3 is 2.69 bits per heavy atom. The Hall–Kier alpha value is -2.53. The smallest absolute Gasteiger partial charge is 0.360 e. The molecule has 2 aromatic heterocycles. The molecule has 170 valence electrons. The van der Waals surface area contributed by atoms with E-state index in [1.807, 2.05) is 18.2 Å². The van der Waals surface area contributed by atoms with Gasteiger partial charge in [0, 0.05) is 31.7 Å². The quantitative estimate of drug-likeness (QED) is 0.497. The number of aromatic nitrogens is 1. The number of likely N-dealkylation sites (tertiary alicyclic amines) is 1. The summed E-state index contributed by atoms with van der Waals surface area (Å²) in [6.45, 7) is 4.49. The van der Waals surface area contributed by atoms with E-state index in [0.717, 1.165) is 43.8 Å². The standard InChI is InChI=1S/C22H25N3O5S2/c1-2-29-22(26)18-14-19(30-23-18)20-8-9-21(31-20)32(27,28)24-17-10-12-25(13-11-17)15-16-6-4-3-5-7-16/h3-9,14,17,24H,2,10-13,15H2,1H3. The average Bonchev–Trinajstić information content (AvgIpc) is 3.46. The molecule has 1 N–H and O–H groups in total. The Labute approximate surface area is 191 Å². The van der Waals surface area contributed by atoms with Crippen LogP contribution in [0.1, 0.15) is 35.8 Å². The molecule has 0 atom stereocenters. The van der Waals surface area contributed by atoms with Gasteiger partial charge in [-0.3, -0.25) is 4.90 Å². The van der Waals surface area contributed by atoms with E-state index in [-0.39, 0.29) is 22.6 Å². The third-order valence-electron chi connectivity index (χ3n) is 5.24. The van der Waals surface area contributed by atoms with Crippen LogP contribution in [-0.2, 0) is 21.3 Å². The van der Waals surface area contributed by atoms with Crippen molar-refractivity contribution in [2.24, 2.45) is 0 Å². The van der Waals surface area contributed by atoms with Gasteiger partial charge in [-0.05, 0) is 37.5 Å². The molecule has 1 aromatic carbocycles. The first-order valence-corrected chi connectivity index (χ1v) is 12.8. The highest BCUT2D eigenvalue weighted by atomic mass is 32.2. The van der Waals surface area contributed by atoms with E-state index in [0.29, 0.717) is 10.6 Å². The molecule has 0 aliphatic carbocycles. The first-order valence-electron chi connectivity index (χ1n) is 10.5. The van der Waals surface area contributed by atoms with Crippen LogP contribution in [0.5, 0.6) is 0 Å². The van der Waals surface area contributed by atoms with Crippen LogP contribution >= 0.6 is 11.3 Å². The van der Waals surface area contributed by atoms with Gasteiger partial charge in [0.1, 0.15) is 4.21 Å². The molecule has 4 rings (SSSR count). The van der Waals surface area contributed by atoms with Gasteiger partial charge in [-0.25, -0.2) is 17.9 Å². The Kier molecular flexibility index (Phi) is 7.04. The topological polar surface area (TPSA) is 102 Å². The number of ether oxygens (including phenoxy) is 1. The van der Waals surface area contributed by atoms with Crippen molar-refractivity contribution in [2.75, 3.05) is 19.7 Å². The lowest BCUT2D eigenvalue weighted by molar-refractivity contribution is 0.0514. The second-order valence-electron chi connectivity index (χ2n) is 7.57. The summed E-state index contributed by atoms with van der Waals surface area (Å²) in [4.78, 5) is 14.7. The van der Waals surface area contributed by atoms with Crippen molar-refractivity contribution in [3.8, 4) is 10.6 Å². The zero-order chi connectivity index (χ0) is 22.6. The van der Waals surface area contributed by atoms with Crippen molar-refractivity contribution in [1.29, 1.82) is 0 Å². The van der Waals surface area contributed by atoms with Crippen molar-refractivity contribution in [3.63, 3.8) is 0 Å². The number of hydrogen-bond donors (Lipinski definition) is 1. The van der Waals surface area contributed by atoms with Gasteiger partial charge in [0.2, 0.25) is 10.0 Å². The number of thiophene rings is 1. The SMILES string of the molecule is CCOC(=O)c1cc(-c2ccc(S(=O)(=O)NC3CCN(Cc4ccccc4)CC3)s2)on1. The van der Waals surface area contributed by atoms with Crippen LogP contribution in [0.2, 0.25) is 0 Å². The summed E-state index contributed by atoms with van der Waals surface area (Å²) in [7, 11) is -3.65. The van der Waals surface area contributed by atoms with Gasteiger partial charge in [-0.1, -0.05) is 35.5 Å².